The second-order valence-electron chi connectivity index (χ2n) is 4.31. The maximum absolute atomic E-state index is 10.8. The monoisotopic (exact) mass is 277 g/mol. The Kier molecular flexibility index (Phi) is 4.38. The molecule has 2 unspecified atom stereocenters. The van der Waals surface area contributed by atoms with Crippen LogP contribution in [-0.2, 0) is 4.79 Å². The van der Waals surface area contributed by atoms with Crippen LogP contribution in [-0.4, -0.2) is 49.4 Å². The average Bonchev–Trinajstić information content (AvgIpc) is 2.98. The zero-order valence-corrected chi connectivity index (χ0v) is 10.8. The molecule has 106 valence electrons. The smallest absolute Gasteiger partial charge is 0.216 e. The number of benzene rings is 1. The molecule has 0 radical (unpaired) electrons. The first-order valence-electron chi connectivity index (χ1n) is 6.02. The molecule has 4 N–H and O–H groups in total. The molecule has 1 aromatic carbocycles. The van der Waals surface area contributed by atoms with Gasteiger partial charge in [0.05, 0.1) is 0 Å². The van der Waals surface area contributed by atoms with Crippen molar-refractivity contribution < 1.29 is 15.0 Å². The summed E-state index contributed by atoms with van der Waals surface area (Å²) in [5.41, 5.74) is 1.28. The van der Waals surface area contributed by atoms with Gasteiger partial charge < -0.3 is 15.5 Å². The highest BCUT2D eigenvalue weighted by atomic mass is 16.3. The lowest BCUT2D eigenvalue weighted by molar-refractivity contribution is -0.119. The summed E-state index contributed by atoms with van der Waals surface area (Å²) in [6.45, 7) is 1.34. The van der Waals surface area contributed by atoms with E-state index < -0.39 is 12.2 Å². The van der Waals surface area contributed by atoms with E-state index in [1.165, 1.54) is 6.92 Å². The standard InChI is InChI=1S/C12H15N5O3/c1-7(18)13-6-10(19)11(20)8-2-4-9(5-3-8)12-14-16-17-15-12/h2-5,10-11,19-20H,6H2,1H3,(H,13,18)(H,14,15,16,17). The molecule has 8 nitrogen and oxygen atoms in total. The number of hydrogen-bond acceptors (Lipinski definition) is 6. The number of rotatable bonds is 5. The lowest BCUT2D eigenvalue weighted by Crippen LogP contribution is -2.34. The molecular weight excluding hydrogens is 262 g/mol. The number of carbonyl (C=O) groups is 1. The SMILES string of the molecule is CC(=O)NCC(O)C(O)c1ccc(-c2nn[nH]n2)cc1. The number of hydrogen-bond donors (Lipinski definition) is 4. The van der Waals surface area contributed by atoms with E-state index in [1.807, 2.05) is 0 Å². The van der Waals surface area contributed by atoms with Crippen LogP contribution in [0.2, 0.25) is 0 Å². The van der Waals surface area contributed by atoms with E-state index >= 15 is 0 Å². The maximum atomic E-state index is 10.8. The molecular formula is C12H15N5O3. The van der Waals surface area contributed by atoms with Crippen LogP contribution in [0.4, 0.5) is 0 Å². The van der Waals surface area contributed by atoms with Gasteiger partial charge in [-0.15, -0.1) is 10.2 Å². The number of tetrazole rings is 1. The molecule has 0 bridgehead atoms. The molecule has 0 spiro atoms. The van der Waals surface area contributed by atoms with Crippen LogP contribution < -0.4 is 5.32 Å². The number of nitrogens with zero attached hydrogens (tertiary/aromatic N) is 3. The van der Waals surface area contributed by atoms with E-state index in [9.17, 15) is 15.0 Å². The molecule has 0 saturated heterocycles. The lowest BCUT2D eigenvalue weighted by atomic mass is 10.0. The van der Waals surface area contributed by atoms with Gasteiger partial charge in [-0.05, 0) is 10.8 Å². The zero-order valence-electron chi connectivity index (χ0n) is 10.8. The van der Waals surface area contributed by atoms with Crippen LogP contribution >= 0.6 is 0 Å². The molecule has 1 amide bonds. The normalized spacial score (nSPS) is 13.8. The highest BCUT2D eigenvalue weighted by Gasteiger charge is 2.18. The van der Waals surface area contributed by atoms with Gasteiger partial charge in [0.1, 0.15) is 12.2 Å². The van der Waals surface area contributed by atoms with Gasteiger partial charge in [-0.3, -0.25) is 4.79 Å². The summed E-state index contributed by atoms with van der Waals surface area (Å²) in [6.07, 6.45) is -2.16. The summed E-state index contributed by atoms with van der Waals surface area (Å²) in [5, 5.41) is 35.7. The van der Waals surface area contributed by atoms with Crippen molar-refractivity contribution in [3.63, 3.8) is 0 Å². The van der Waals surface area contributed by atoms with Gasteiger partial charge >= 0.3 is 0 Å². The summed E-state index contributed by atoms with van der Waals surface area (Å²) in [6, 6.07) is 6.75. The quantitative estimate of drug-likeness (QED) is 0.578. The minimum Gasteiger partial charge on any atom is -0.388 e. The second-order valence-corrected chi connectivity index (χ2v) is 4.31. The maximum Gasteiger partial charge on any atom is 0.216 e. The highest BCUT2D eigenvalue weighted by molar-refractivity contribution is 5.72. The van der Waals surface area contributed by atoms with Gasteiger partial charge in [-0.2, -0.15) is 5.21 Å². The Morgan fingerprint density at radius 3 is 2.60 bits per heavy atom. The van der Waals surface area contributed by atoms with Crippen molar-refractivity contribution in [3.8, 4) is 11.4 Å². The molecule has 20 heavy (non-hydrogen) atoms. The van der Waals surface area contributed by atoms with Gasteiger partial charge in [0, 0.05) is 19.0 Å². The van der Waals surface area contributed by atoms with Crippen molar-refractivity contribution in [2.45, 2.75) is 19.1 Å². The summed E-state index contributed by atoms with van der Waals surface area (Å²) in [5.74, 6) is 0.188. The fraction of sp³-hybridized carbons (Fsp3) is 0.333. The Labute approximate surface area is 114 Å². The summed E-state index contributed by atoms with van der Waals surface area (Å²) in [7, 11) is 0. The van der Waals surface area contributed by atoms with Crippen molar-refractivity contribution >= 4 is 5.91 Å². The molecule has 0 aliphatic rings. The first-order valence-corrected chi connectivity index (χ1v) is 6.02. The van der Waals surface area contributed by atoms with Crippen molar-refractivity contribution in [1.29, 1.82) is 0 Å². The van der Waals surface area contributed by atoms with Crippen LogP contribution in [0.3, 0.4) is 0 Å². The van der Waals surface area contributed by atoms with Gasteiger partial charge in [0.2, 0.25) is 11.7 Å². The number of aromatic nitrogens is 4. The van der Waals surface area contributed by atoms with Crippen molar-refractivity contribution in [1.82, 2.24) is 25.9 Å². The minimum atomic E-state index is -1.08. The van der Waals surface area contributed by atoms with Crippen molar-refractivity contribution in [2.24, 2.45) is 0 Å². The number of aromatic amines is 1. The molecule has 0 aliphatic heterocycles. The van der Waals surface area contributed by atoms with Crippen LogP contribution in [0.25, 0.3) is 11.4 Å². The largest absolute Gasteiger partial charge is 0.388 e. The first kappa shape index (κ1) is 14.1. The number of carbonyl (C=O) groups excluding carboxylic acids is 1. The minimum absolute atomic E-state index is 0.0108. The Bertz CT molecular complexity index is 555. The van der Waals surface area contributed by atoms with Crippen LogP contribution in [0.1, 0.15) is 18.6 Å². The van der Waals surface area contributed by atoms with Gasteiger partial charge in [0.25, 0.3) is 0 Å². The van der Waals surface area contributed by atoms with Crippen LogP contribution in [0.5, 0.6) is 0 Å². The molecule has 8 heteroatoms. The topological polar surface area (TPSA) is 124 Å². The summed E-state index contributed by atoms with van der Waals surface area (Å²) < 4.78 is 0. The number of aliphatic hydroxyl groups excluding tert-OH is 2. The fourth-order valence-electron chi connectivity index (χ4n) is 1.70. The molecule has 2 atom stereocenters. The average molecular weight is 277 g/mol. The van der Waals surface area contributed by atoms with Crippen molar-refractivity contribution in [3.05, 3.63) is 29.8 Å². The Balaban J connectivity index is 2.03. The Morgan fingerprint density at radius 2 is 2.05 bits per heavy atom. The van der Waals surface area contributed by atoms with Crippen LogP contribution in [0.15, 0.2) is 24.3 Å². The fourth-order valence-corrected chi connectivity index (χ4v) is 1.70. The molecule has 2 aromatic rings. The number of H-pyrrole nitrogens is 1. The Morgan fingerprint density at radius 1 is 1.35 bits per heavy atom. The highest BCUT2D eigenvalue weighted by Crippen LogP contribution is 2.20. The van der Waals surface area contributed by atoms with E-state index in [0.29, 0.717) is 11.4 Å². The molecule has 0 aliphatic carbocycles. The predicted octanol–water partition coefficient (Wildman–Crippen LogP) is -0.603. The summed E-state index contributed by atoms with van der Waals surface area (Å²) in [4.78, 5) is 10.8. The Hall–Kier alpha value is -2.32. The third-order valence-corrected chi connectivity index (χ3v) is 2.78. The number of nitrogens with one attached hydrogen (secondary N) is 2. The van der Waals surface area contributed by atoms with E-state index in [0.717, 1.165) is 5.56 Å². The first-order chi connectivity index (χ1) is 9.58. The van der Waals surface area contributed by atoms with E-state index in [-0.39, 0.29) is 12.5 Å². The van der Waals surface area contributed by atoms with E-state index in [2.05, 4.69) is 25.9 Å². The zero-order chi connectivity index (χ0) is 14.5. The van der Waals surface area contributed by atoms with Gasteiger partial charge in [-0.1, -0.05) is 24.3 Å². The third-order valence-electron chi connectivity index (χ3n) is 2.78. The molecule has 0 fully saturated rings. The van der Waals surface area contributed by atoms with E-state index in [4.69, 9.17) is 0 Å². The number of amides is 1. The molecule has 1 aromatic heterocycles. The van der Waals surface area contributed by atoms with Gasteiger partial charge in [-0.25, -0.2) is 0 Å². The van der Waals surface area contributed by atoms with Gasteiger partial charge in [0.15, 0.2) is 0 Å². The lowest BCUT2D eigenvalue weighted by Gasteiger charge is -2.18. The predicted molar refractivity (Wildman–Crippen MR) is 69.3 cm³/mol. The molecule has 1 heterocycles. The third kappa shape index (κ3) is 3.37. The number of aliphatic hydroxyl groups is 2. The van der Waals surface area contributed by atoms with Crippen LogP contribution in [0, 0.1) is 0 Å². The summed E-state index contributed by atoms with van der Waals surface area (Å²) >= 11 is 0. The molecule has 0 saturated carbocycles. The second kappa shape index (κ2) is 6.22. The van der Waals surface area contributed by atoms with E-state index in [1.54, 1.807) is 24.3 Å². The van der Waals surface area contributed by atoms with Crippen molar-refractivity contribution in [2.75, 3.05) is 6.54 Å². The molecule has 2 rings (SSSR count).